The van der Waals surface area contributed by atoms with Gasteiger partial charge in [0.1, 0.15) is 12.3 Å². The molecule has 0 fully saturated rings. The molecule has 0 atom stereocenters. The van der Waals surface area contributed by atoms with Crippen molar-refractivity contribution in [1.29, 1.82) is 0 Å². The third-order valence-corrected chi connectivity index (χ3v) is 6.87. The van der Waals surface area contributed by atoms with Gasteiger partial charge in [0.05, 0.1) is 22.6 Å². The van der Waals surface area contributed by atoms with Crippen molar-refractivity contribution < 1.29 is 27.7 Å². The van der Waals surface area contributed by atoms with Crippen molar-refractivity contribution in [2.45, 2.75) is 18.7 Å². The molecule has 0 unspecified atom stereocenters. The van der Waals surface area contributed by atoms with E-state index >= 15 is 0 Å². The molecule has 0 heterocycles. The lowest BCUT2D eigenvalue weighted by molar-refractivity contribution is -0.385. The molecule has 3 aromatic rings. The molecule has 0 aromatic heterocycles. The van der Waals surface area contributed by atoms with Crippen LogP contribution < -0.4 is 19.7 Å². The van der Waals surface area contributed by atoms with Crippen molar-refractivity contribution in [3.63, 3.8) is 0 Å². The van der Waals surface area contributed by atoms with Crippen LogP contribution in [0.15, 0.2) is 71.6 Å². The molecule has 3 rings (SSSR count). The molecule has 0 bridgehead atoms. The van der Waals surface area contributed by atoms with E-state index in [1.54, 1.807) is 24.3 Å². The minimum Gasteiger partial charge on any atom is -0.497 e. The van der Waals surface area contributed by atoms with Crippen molar-refractivity contribution in [2.75, 3.05) is 28.6 Å². The zero-order valence-electron chi connectivity index (χ0n) is 19.7. The van der Waals surface area contributed by atoms with E-state index in [2.05, 4.69) is 10.6 Å². The molecule has 0 aliphatic heterocycles. The maximum Gasteiger partial charge on any atom is 0.273 e. The topological polar surface area (TPSA) is 148 Å². The van der Waals surface area contributed by atoms with Gasteiger partial charge in [-0.05, 0) is 61.5 Å². The highest BCUT2D eigenvalue weighted by atomic mass is 32.2. The molecule has 188 valence electrons. The molecule has 36 heavy (non-hydrogen) atoms. The van der Waals surface area contributed by atoms with Crippen molar-refractivity contribution in [1.82, 2.24) is 0 Å². The predicted molar refractivity (Wildman–Crippen MR) is 135 cm³/mol. The summed E-state index contributed by atoms with van der Waals surface area (Å²) in [6.07, 6.45) is 0. The van der Waals surface area contributed by atoms with Gasteiger partial charge in [-0.3, -0.25) is 24.0 Å². The summed E-state index contributed by atoms with van der Waals surface area (Å²) in [5.74, 6) is -0.419. The number of amides is 2. The number of benzene rings is 3. The Labute approximate surface area is 207 Å². The zero-order chi connectivity index (χ0) is 26.5. The van der Waals surface area contributed by atoms with Crippen LogP contribution in [0.1, 0.15) is 12.5 Å². The number of sulfonamides is 1. The summed E-state index contributed by atoms with van der Waals surface area (Å²) in [5.41, 5.74) is 1.02. The molecule has 0 saturated heterocycles. The normalized spacial score (nSPS) is 10.9. The first-order chi connectivity index (χ1) is 17.0. The lowest BCUT2D eigenvalue weighted by atomic mass is 10.2. The van der Waals surface area contributed by atoms with Crippen molar-refractivity contribution in [2.24, 2.45) is 0 Å². The average Bonchev–Trinajstić information content (AvgIpc) is 2.83. The number of carbonyl (C=O) groups excluding carboxylic acids is 2. The summed E-state index contributed by atoms with van der Waals surface area (Å²) in [6.45, 7) is 2.26. The Balaban J connectivity index is 1.94. The number of hydrogen-bond donors (Lipinski definition) is 2. The standard InChI is InChI=1S/C24H24N4O7S/c1-16-4-13-22(14-23(16)28(31)32)36(33,34)27(20-9-11-21(35-3)12-10-20)15-24(30)26-19-7-5-18(6-8-19)25-17(2)29/h4-14H,15H2,1-3H3,(H,25,29)(H,26,30). The van der Waals surface area contributed by atoms with Crippen LogP contribution in [0.2, 0.25) is 0 Å². The number of hydrogen-bond acceptors (Lipinski definition) is 7. The summed E-state index contributed by atoms with van der Waals surface area (Å²) in [6, 6.07) is 15.9. The van der Waals surface area contributed by atoms with Crippen molar-refractivity contribution in [3.8, 4) is 5.75 Å². The van der Waals surface area contributed by atoms with E-state index < -0.39 is 27.4 Å². The molecule has 12 heteroatoms. The van der Waals surface area contributed by atoms with Crippen LogP contribution in [0.25, 0.3) is 0 Å². The Kier molecular flexibility index (Phi) is 7.90. The number of aryl methyl sites for hydroxylation is 1. The van der Waals surface area contributed by atoms with Gasteiger partial charge in [0.25, 0.3) is 15.7 Å². The van der Waals surface area contributed by atoms with Crippen LogP contribution in [0.4, 0.5) is 22.7 Å². The number of carbonyl (C=O) groups is 2. The second-order valence-electron chi connectivity index (χ2n) is 7.72. The monoisotopic (exact) mass is 512 g/mol. The van der Waals surface area contributed by atoms with Crippen LogP contribution in [0.3, 0.4) is 0 Å². The molecular formula is C24H24N4O7S. The van der Waals surface area contributed by atoms with E-state index in [4.69, 9.17) is 4.74 Å². The molecular weight excluding hydrogens is 488 g/mol. The minimum atomic E-state index is -4.37. The minimum absolute atomic E-state index is 0.162. The zero-order valence-corrected chi connectivity index (χ0v) is 20.5. The summed E-state index contributed by atoms with van der Waals surface area (Å²) in [5, 5.41) is 16.6. The average molecular weight is 513 g/mol. The Bertz CT molecular complexity index is 1390. The number of nitrogens with zero attached hydrogens (tertiary/aromatic N) is 2. The van der Waals surface area contributed by atoms with Gasteiger partial charge in [-0.15, -0.1) is 0 Å². The maximum absolute atomic E-state index is 13.6. The van der Waals surface area contributed by atoms with Gasteiger partial charge in [-0.1, -0.05) is 6.07 Å². The Morgan fingerprint density at radius 2 is 1.56 bits per heavy atom. The first-order valence-corrected chi connectivity index (χ1v) is 12.0. The van der Waals surface area contributed by atoms with Gasteiger partial charge >= 0.3 is 0 Å². The summed E-state index contributed by atoms with van der Waals surface area (Å²) in [7, 11) is -2.92. The number of ether oxygens (including phenoxy) is 1. The lowest BCUT2D eigenvalue weighted by Crippen LogP contribution is -2.38. The number of anilines is 3. The van der Waals surface area contributed by atoms with Crippen LogP contribution >= 0.6 is 0 Å². The van der Waals surface area contributed by atoms with Gasteiger partial charge in [0.2, 0.25) is 11.8 Å². The fourth-order valence-corrected chi connectivity index (χ4v) is 4.75. The third-order valence-electron chi connectivity index (χ3n) is 5.10. The van der Waals surface area contributed by atoms with Crippen molar-refractivity contribution in [3.05, 3.63) is 82.4 Å². The van der Waals surface area contributed by atoms with E-state index in [9.17, 15) is 28.1 Å². The van der Waals surface area contributed by atoms with Crippen LogP contribution in [0.5, 0.6) is 5.75 Å². The summed E-state index contributed by atoms with van der Waals surface area (Å²) >= 11 is 0. The number of nitro groups is 1. The Hall–Kier alpha value is -4.45. The summed E-state index contributed by atoms with van der Waals surface area (Å²) < 4.78 is 33.1. The van der Waals surface area contributed by atoms with Crippen molar-refractivity contribution >= 4 is 44.6 Å². The highest BCUT2D eigenvalue weighted by molar-refractivity contribution is 7.92. The van der Waals surface area contributed by atoms with Crippen LogP contribution in [0, 0.1) is 17.0 Å². The molecule has 0 radical (unpaired) electrons. The van der Waals surface area contributed by atoms with Crippen LogP contribution in [-0.2, 0) is 19.6 Å². The van der Waals surface area contributed by atoms with Gasteiger partial charge in [0, 0.05) is 29.9 Å². The van der Waals surface area contributed by atoms with E-state index in [-0.39, 0.29) is 22.2 Å². The molecule has 2 amide bonds. The van der Waals surface area contributed by atoms with Gasteiger partial charge in [-0.25, -0.2) is 8.42 Å². The first-order valence-electron chi connectivity index (χ1n) is 10.6. The second-order valence-corrected chi connectivity index (χ2v) is 9.58. The van der Waals surface area contributed by atoms with Gasteiger partial charge in [-0.2, -0.15) is 0 Å². The smallest absolute Gasteiger partial charge is 0.273 e. The molecule has 0 spiro atoms. The Morgan fingerprint density at radius 3 is 2.08 bits per heavy atom. The van der Waals surface area contributed by atoms with E-state index in [1.165, 1.54) is 57.4 Å². The van der Waals surface area contributed by atoms with E-state index in [0.29, 0.717) is 22.7 Å². The fraction of sp³-hybridized carbons (Fsp3) is 0.167. The number of nitrogens with one attached hydrogen (secondary N) is 2. The highest BCUT2D eigenvalue weighted by Gasteiger charge is 2.29. The lowest BCUT2D eigenvalue weighted by Gasteiger charge is -2.24. The fourth-order valence-electron chi connectivity index (χ4n) is 3.31. The predicted octanol–water partition coefficient (Wildman–Crippen LogP) is 3.70. The molecule has 0 saturated carbocycles. The maximum atomic E-state index is 13.6. The summed E-state index contributed by atoms with van der Waals surface area (Å²) in [4.78, 5) is 34.4. The number of rotatable bonds is 9. The molecule has 2 N–H and O–H groups in total. The largest absolute Gasteiger partial charge is 0.497 e. The number of nitro benzene ring substituents is 1. The molecule has 3 aromatic carbocycles. The van der Waals surface area contributed by atoms with Gasteiger partial charge < -0.3 is 15.4 Å². The quantitative estimate of drug-likeness (QED) is 0.328. The molecule has 11 nitrogen and oxygen atoms in total. The SMILES string of the molecule is COc1ccc(N(CC(=O)Nc2ccc(NC(C)=O)cc2)S(=O)(=O)c2ccc(C)c([N+](=O)[O-])c2)cc1. The molecule has 0 aliphatic rings. The number of methoxy groups -OCH3 is 1. The van der Waals surface area contributed by atoms with E-state index in [0.717, 1.165) is 10.4 Å². The van der Waals surface area contributed by atoms with Gasteiger partial charge in [0.15, 0.2) is 0 Å². The van der Waals surface area contributed by atoms with E-state index in [1.807, 2.05) is 0 Å². The molecule has 0 aliphatic carbocycles. The second kappa shape index (κ2) is 10.9. The third kappa shape index (κ3) is 6.16. The van der Waals surface area contributed by atoms with Crippen LogP contribution in [-0.4, -0.2) is 38.8 Å². The first kappa shape index (κ1) is 26.2. The Morgan fingerprint density at radius 1 is 0.972 bits per heavy atom. The highest BCUT2D eigenvalue weighted by Crippen LogP contribution is 2.29.